The van der Waals surface area contributed by atoms with Crippen LogP contribution in [0.25, 0.3) is 0 Å². The second-order valence-corrected chi connectivity index (χ2v) is 3.02. The van der Waals surface area contributed by atoms with E-state index in [0.717, 1.165) is 0 Å². The quantitative estimate of drug-likeness (QED) is 0.348. The summed E-state index contributed by atoms with van der Waals surface area (Å²) >= 11 is 0. The minimum atomic E-state index is -0.491. The minimum Gasteiger partial charge on any atom is -0.310 e. The fourth-order valence-electron chi connectivity index (χ4n) is 1.000. The number of hydrogen-bond acceptors (Lipinski definition) is 4. The fourth-order valence-corrected chi connectivity index (χ4v) is 1.000. The van der Waals surface area contributed by atoms with Gasteiger partial charge in [0.05, 0.1) is 0 Å². The SMILES string of the molecule is CC(C)NC1NC(=O)NC(N)N1. The summed E-state index contributed by atoms with van der Waals surface area (Å²) in [7, 11) is 0. The molecule has 0 aliphatic carbocycles. The van der Waals surface area contributed by atoms with Crippen molar-refractivity contribution in [2.45, 2.75) is 32.5 Å². The lowest BCUT2D eigenvalue weighted by atomic mass is 10.4. The highest BCUT2D eigenvalue weighted by Gasteiger charge is 2.21. The van der Waals surface area contributed by atoms with Gasteiger partial charge < -0.3 is 10.6 Å². The third kappa shape index (κ3) is 2.65. The van der Waals surface area contributed by atoms with Crippen molar-refractivity contribution >= 4 is 6.03 Å². The van der Waals surface area contributed by atoms with Crippen LogP contribution in [0.15, 0.2) is 0 Å². The summed E-state index contributed by atoms with van der Waals surface area (Å²) in [5.74, 6) is 0. The Labute approximate surface area is 71.3 Å². The molecule has 1 rings (SSSR count). The Morgan fingerprint density at radius 3 is 2.67 bits per heavy atom. The van der Waals surface area contributed by atoms with Crippen LogP contribution < -0.4 is 27.0 Å². The standard InChI is InChI=1S/C6H15N5O/c1-3(2)8-5-9-4(7)10-6(12)11-5/h3-5,8-9H,7H2,1-2H3,(H2,10,11,12). The van der Waals surface area contributed by atoms with Gasteiger partial charge in [0.15, 0.2) is 0 Å². The summed E-state index contributed by atoms with van der Waals surface area (Å²) in [4.78, 5) is 10.9. The van der Waals surface area contributed by atoms with E-state index in [2.05, 4.69) is 21.3 Å². The second kappa shape index (κ2) is 3.70. The van der Waals surface area contributed by atoms with Crippen molar-refractivity contribution in [2.24, 2.45) is 5.73 Å². The van der Waals surface area contributed by atoms with E-state index in [4.69, 9.17) is 5.73 Å². The predicted molar refractivity (Wildman–Crippen MR) is 44.8 cm³/mol. The first-order valence-corrected chi connectivity index (χ1v) is 3.92. The van der Waals surface area contributed by atoms with E-state index >= 15 is 0 Å². The molecule has 0 radical (unpaired) electrons. The van der Waals surface area contributed by atoms with Gasteiger partial charge in [-0.05, 0) is 13.8 Å². The van der Waals surface area contributed by atoms with E-state index in [1.807, 2.05) is 13.8 Å². The first-order chi connectivity index (χ1) is 5.58. The van der Waals surface area contributed by atoms with Gasteiger partial charge >= 0.3 is 6.03 Å². The molecule has 6 heteroatoms. The second-order valence-electron chi connectivity index (χ2n) is 3.02. The number of hydrogen-bond donors (Lipinski definition) is 5. The highest BCUT2D eigenvalue weighted by Crippen LogP contribution is 1.85. The highest BCUT2D eigenvalue weighted by atomic mass is 16.2. The van der Waals surface area contributed by atoms with E-state index in [0.29, 0.717) is 0 Å². The van der Waals surface area contributed by atoms with Crippen LogP contribution in [0.2, 0.25) is 0 Å². The van der Waals surface area contributed by atoms with Gasteiger partial charge in [-0.2, -0.15) is 0 Å². The lowest BCUT2D eigenvalue weighted by Gasteiger charge is -2.32. The number of amides is 2. The van der Waals surface area contributed by atoms with Gasteiger partial charge in [-0.15, -0.1) is 0 Å². The molecule has 1 aliphatic rings. The minimum absolute atomic E-state index is 0.256. The van der Waals surface area contributed by atoms with E-state index in [1.165, 1.54) is 0 Å². The summed E-state index contributed by atoms with van der Waals surface area (Å²) in [5.41, 5.74) is 5.47. The van der Waals surface area contributed by atoms with Crippen molar-refractivity contribution in [3.05, 3.63) is 0 Å². The average Bonchev–Trinajstić information content (AvgIpc) is 1.81. The summed E-state index contributed by atoms with van der Waals surface area (Å²) in [6, 6.07) is 0.0208. The maximum Gasteiger partial charge on any atom is 0.319 e. The van der Waals surface area contributed by atoms with Gasteiger partial charge in [0.25, 0.3) is 0 Å². The molecule has 1 aliphatic heterocycles. The molecular weight excluding hydrogens is 158 g/mol. The predicted octanol–water partition coefficient (Wildman–Crippen LogP) is -1.59. The molecule has 1 saturated heterocycles. The fraction of sp³-hybridized carbons (Fsp3) is 0.833. The Morgan fingerprint density at radius 1 is 1.50 bits per heavy atom. The van der Waals surface area contributed by atoms with Crippen molar-refractivity contribution in [1.29, 1.82) is 0 Å². The van der Waals surface area contributed by atoms with Crippen LogP contribution in [-0.2, 0) is 0 Å². The van der Waals surface area contributed by atoms with Gasteiger partial charge in [-0.3, -0.25) is 16.4 Å². The molecule has 0 spiro atoms. The molecule has 6 N–H and O–H groups in total. The molecule has 1 fully saturated rings. The van der Waals surface area contributed by atoms with Gasteiger partial charge in [0.1, 0.15) is 12.6 Å². The van der Waals surface area contributed by atoms with Crippen LogP contribution in [0.4, 0.5) is 4.79 Å². The normalized spacial score (nSPS) is 29.8. The maximum atomic E-state index is 10.9. The molecule has 0 bridgehead atoms. The highest BCUT2D eigenvalue weighted by molar-refractivity contribution is 5.75. The Bertz CT molecular complexity index is 169. The maximum absolute atomic E-state index is 10.9. The molecule has 2 amide bonds. The monoisotopic (exact) mass is 173 g/mol. The number of carbonyl (C=O) groups excluding carboxylic acids is 1. The first kappa shape index (κ1) is 9.24. The molecule has 1 heterocycles. The van der Waals surface area contributed by atoms with Crippen molar-refractivity contribution in [1.82, 2.24) is 21.3 Å². The lowest BCUT2D eigenvalue weighted by molar-refractivity contribution is 0.195. The van der Waals surface area contributed by atoms with E-state index in [1.54, 1.807) is 0 Å². The Balaban J connectivity index is 2.39. The van der Waals surface area contributed by atoms with Crippen molar-refractivity contribution in [3.8, 4) is 0 Å². The number of carbonyl (C=O) groups is 1. The molecule has 70 valence electrons. The number of urea groups is 1. The van der Waals surface area contributed by atoms with Gasteiger partial charge in [-0.1, -0.05) is 0 Å². The van der Waals surface area contributed by atoms with Crippen LogP contribution in [0.5, 0.6) is 0 Å². The largest absolute Gasteiger partial charge is 0.319 e. The lowest BCUT2D eigenvalue weighted by Crippen LogP contribution is -2.72. The molecular formula is C6H15N5O. The van der Waals surface area contributed by atoms with Crippen molar-refractivity contribution < 1.29 is 4.79 Å². The molecule has 0 aromatic rings. The van der Waals surface area contributed by atoms with E-state index in [-0.39, 0.29) is 18.4 Å². The zero-order valence-electron chi connectivity index (χ0n) is 7.22. The zero-order chi connectivity index (χ0) is 9.14. The van der Waals surface area contributed by atoms with Gasteiger partial charge in [0, 0.05) is 6.04 Å². The van der Waals surface area contributed by atoms with Crippen LogP contribution >= 0.6 is 0 Å². The van der Waals surface area contributed by atoms with Crippen molar-refractivity contribution in [3.63, 3.8) is 0 Å². The zero-order valence-corrected chi connectivity index (χ0v) is 7.22. The Morgan fingerprint density at radius 2 is 2.17 bits per heavy atom. The van der Waals surface area contributed by atoms with E-state index < -0.39 is 6.29 Å². The van der Waals surface area contributed by atoms with Crippen LogP contribution in [0, 0.1) is 0 Å². The van der Waals surface area contributed by atoms with Crippen LogP contribution in [0.1, 0.15) is 13.8 Å². The van der Waals surface area contributed by atoms with Crippen LogP contribution in [0.3, 0.4) is 0 Å². The third-order valence-corrected chi connectivity index (χ3v) is 1.41. The molecule has 2 atom stereocenters. The van der Waals surface area contributed by atoms with Gasteiger partial charge in [-0.25, -0.2) is 4.79 Å². The number of nitrogens with two attached hydrogens (primary N) is 1. The third-order valence-electron chi connectivity index (χ3n) is 1.41. The molecule has 0 saturated carbocycles. The topological polar surface area (TPSA) is 91.2 Å². The summed E-state index contributed by atoms with van der Waals surface area (Å²) in [6.45, 7) is 3.97. The first-order valence-electron chi connectivity index (χ1n) is 3.92. The average molecular weight is 173 g/mol. The number of rotatable bonds is 2. The molecule has 0 aromatic heterocycles. The molecule has 2 unspecified atom stereocenters. The summed E-state index contributed by atoms with van der Waals surface area (Å²) < 4.78 is 0. The Kier molecular flexibility index (Phi) is 2.85. The molecule has 6 nitrogen and oxygen atoms in total. The Hall–Kier alpha value is -0.850. The molecule has 12 heavy (non-hydrogen) atoms. The summed E-state index contributed by atoms with van der Waals surface area (Å²) in [6.07, 6.45) is -0.747. The number of nitrogens with one attached hydrogen (secondary N) is 4. The molecule has 0 aromatic carbocycles. The smallest absolute Gasteiger partial charge is 0.310 e. The summed E-state index contributed by atoms with van der Waals surface area (Å²) in [5, 5.41) is 11.1. The van der Waals surface area contributed by atoms with Gasteiger partial charge in [0.2, 0.25) is 0 Å². The van der Waals surface area contributed by atoms with Crippen molar-refractivity contribution in [2.75, 3.05) is 0 Å². The van der Waals surface area contributed by atoms with Crippen LogP contribution in [-0.4, -0.2) is 24.7 Å². The van der Waals surface area contributed by atoms with E-state index in [9.17, 15) is 4.79 Å².